The molecule has 1 rings (SSSR count). The largest absolute Gasteiger partial charge is 0.356 e. The monoisotopic (exact) mass is 268 g/mol. The normalized spacial score (nSPS) is 22.6. The first-order valence-corrected chi connectivity index (χ1v) is 8.24. The molecule has 1 atom stereocenters. The molecule has 0 aromatic carbocycles. The molecule has 3 heteroatoms. The van der Waals surface area contributed by atoms with Gasteiger partial charge in [0.2, 0.25) is 5.91 Å². The van der Waals surface area contributed by atoms with Crippen molar-refractivity contribution in [2.75, 3.05) is 19.6 Å². The summed E-state index contributed by atoms with van der Waals surface area (Å²) in [6.07, 6.45) is 10.8. The molecule has 1 amide bonds. The van der Waals surface area contributed by atoms with Gasteiger partial charge in [-0.05, 0) is 25.8 Å². The summed E-state index contributed by atoms with van der Waals surface area (Å²) >= 11 is 0. The molecule has 1 heterocycles. The summed E-state index contributed by atoms with van der Waals surface area (Å²) < 4.78 is 0. The molecule has 1 aliphatic heterocycles. The maximum atomic E-state index is 12.3. The number of amides is 1. The van der Waals surface area contributed by atoms with Crippen LogP contribution in [0, 0.1) is 5.41 Å². The second-order valence-corrected chi connectivity index (χ2v) is 5.98. The Kier molecular flexibility index (Phi) is 8.11. The molecule has 0 saturated carbocycles. The first-order valence-electron chi connectivity index (χ1n) is 8.24. The number of carbonyl (C=O) groups excluding carboxylic acids is 1. The van der Waals surface area contributed by atoms with E-state index in [1.54, 1.807) is 0 Å². The van der Waals surface area contributed by atoms with Crippen molar-refractivity contribution in [2.45, 2.75) is 71.6 Å². The van der Waals surface area contributed by atoms with E-state index in [-0.39, 0.29) is 11.3 Å². The number of rotatable bonds is 10. The Bertz CT molecular complexity index is 247. The molecule has 0 aliphatic carbocycles. The zero-order chi connectivity index (χ0) is 14.0. The first kappa shape index (κ1) is 16.5. The minimum atomic E-state index is -0.114. The highest BCUT2D eigenvalue weighted by molar-refractivity contribution is 5.83. The van der Waals surface area contributed by atoms with Gasteiger partial charge in [0, 0.05) is 13.1 Å². The van der Waals surface area contributed by atoms with Crippen LogP contribution in [0.15, 0.2) is 0 Å². The van der Waals surface area contributed by atoms with Gasteiger partial charge in [-0.3, -0.25) is 4.79 Å². The summed E-state index contributed by atoms with van der Waals surface area (Å²) in [5, 5.41) is 6.51. The molecule has 2 N–H and O–H groups in total. The maximum Gasteiger partial charge on any atom is 0.227 e. The molecule has 1 fully saturated rings. The lowest BCUT2D eigenvalue weighted by molar-refractivity contribution is -0.130. The number of hydrogen-bond donors (Lipinski definition) is 2. The van der Waals surface area contributed by atoms with E-state index >= 15 is 0 Å². The second-order valence-electron chi connectivity index (χ2n) is 5.98. The Morgan fingerprint density at radius 2 is 1.84 bits per heavy atom. The summed E-state index contributed by atoms with van der Waals surface area (Å²) in [6, 6.07) is 0. The second kappa shape index (κ2) is 9.35. The molecular weight excluding hydrogens is 236 g/mol. The lowest BCUT2D eigenvalue weighted by Gasteiger charge is -2.26. The molecule has 1 saturated heterocycles. The lowest BCUT2D eigenvalue weighted by Crippen LogP contribution is -2.42. The van der Waals surface area contributed by atoms with Crippen LogP contribution in [0.3, 0.4) is 0 Å². The highest BCUT2D eigenvalue weighted by atomic mass is 16.2. The summed E-state index contributed by atoms with van der Waals surface area (Å²) in [5.74, 6) is 0.285. The van der Waals surface area contributed by atoms with Gasteiger partial charge < -0.3 is 10.6 Å². The van der Waals surface area contributed by atoms with Crippen molar-refractivity contribution in [3.8, 4) is 0 Å². The van der Waals surface area contributed by atoms with Crippen molar-refractivity contribution < 1.29 is 4.79 Å². The summed E-state index contributed by atoms with van der Waals surface area (Å²) in [5.41, 5.74) is -0.114. The van der Waals surface area contributed by atoms with E-state index in [0.29, 0.717) is 0 Å². The van der Waals surface area contributed by atoms with E-state index in [9.17, 15) is 4.79 Å². The predicted octanol–water partition coefficient (Wildman–Crippen LogP) is 3.24. The van der Waals surface area contributed by atoms with Crippen molar-refractivity contribution in [1.82, 2.24) is 10.6 Å². The Morgan fingerprint density at radius 1 is 1.11 bits per heavy atom. The third-order valence-electron chi connectivity index (χ3n) is 4.27. The number of hydrogen-bond acceptors (Lipinski definition) is 2. The van der Waals surface area contributed by atoms with Gasteiger partial charge >= 0.3 is 0 Å². The van der Waals surface area contributed by atoms with E-state index in [1.165, 1.54) is 32.1 Å². The molecule has 0 bridgehead atoms. The minimum Gasteiger partial charge on any atom is -0.356 e. The molecule has 3 nitrogen and oxygen atoms in total. The van der Waals surface area contributed by atoms with E-state index in [0.717, 1.165) is 45.3 Å². The molecule has 19 heavy (non-hydrogen) atoms. The average Bonchev–Trinajstić information content (AvgIpc) is 2.88. The van der Waals surface area contributed by atoms with E-state index in [1.807, 2.05) is 0 Å². The molecule has 0 radical (unpaired) electrons. The Balaban J connectivity index is 2.15. The minimum absolute atomic E-state index is 0.114. The fourth-order valence-electron chi connectivity index (χ4n) is 3.04. The molecule has 0 aromatic rings. The van der Waals surface area contributed by atoms with Crippen LogP contribution < -0.4 is 10.6 Å². The number of nitrogens with one attached hydrogen (secondary N) is 2. The van der Waals surface area contributed by atoms with Gasteiger partial charge in [-0.2, -0.15) is 0 Å². The van der Waals surface area contributed by atoms with Crippen molar-refractivity contribution in [3.63, 3.8) is 0 Å². The van der Waals surface area contributed by atoms with Crippen LogP contribution in [-0.2, 0) is 4.79 Å². The van der Waals surface area contributed by atoms with Gasteiger partial charge in [-0.15, -0.1) is 0 Å². The van der Waals surface area contributed by atoms with Crippen LogP contribution in [0.25, 0.3) is 0 Å². The van der Waals surface area contributed by atoms with Gasteiger partial charge in [0.25, 0.3) is 0 Å². The van der Waals surface area contributed by atoms with Crippen LogP contribution in [0.2, 0.25) is 0 Å². The van der Waals surface area contributed by atoms with Crippen LogP contribution in [0.4, 0.5) is 0 Å². The summed E-state index contributed by atoms with van der Waals surface area (Å²) in [6.45, 7) is 7.12. The fraction of sp³-hybridized carbons (Fsp3) is 0.938. The van der Waals surface area contributed by atoms with Crippen LogP contribution >= 0.6 is 0 Å². The fourth-order valence-corrected chi connectivity index (χ4v) is 3.04. The SMILES string of the molecule is CCCCCCCCNC(=O)C1(CCC)CCNC1. The van der Waals surface area contributed by atoms with E-state index < -0.39 is 0 Å². The van der Waals surface area contributed by atoms with Crippen LogP contribution in [0.5, 0.6) is 0 Å². The average molecular weight is 268 g/mol. The Morgan fingerprint density at radius 3 is 2.47 bits per heavy atom. The quantitative estimate of drug-likeness (QED) is 0.597. The first-order chi connectivity index (χ1) is 9.25. The van der Waals surface area contributed by atoms with E-state index in [2.05, 4.69) is 24.5 Å². The van der Waals surface area contributed by atoms with Crippen molar-refractivity contribution in [3.05, 3.63) is 0 Å². The molecule has 0 spiro atoms. The molecule has 1 unspecified atom stereocenters. The van der Waals surface area contributed by atoms with Gasteiger partial charge in [0.1, 0.15) is 0 Å². The maximum absolute atomic E-state index is 12.3. The Hall–Kier alpha value is -0.570. The number of carbonyl (C=O) groups is 1. The highest BCUT2D eigenvalue weighted by Gasteiger charge is 2.39. The highest BCUT2D eigenvalue weighted by Crippen LogP contribution is 2.31. The Labute approximate surface area is 118 Å². The van der Waals surface area contributed by atoms with Crippen molar-refractivity contribution >= 4 is 5.91 Å². The third-order valence-corrected chi connectivity index (χ3v) is 4.27. The van der Waals surface area contributed by atoms with Crippen molar-refractivity contribution in [2.24, 2.45) is 5.41 Å². The summed E-state index contributed by atoms with van der Waals surface area (Å²) in [4.78, 5) is 12.3. The lowest BCUT2D eigenvalue weighted by atomic mass is 9.81. The molecular formula is C16H32N2O. The topological polar surface area (TPSA) is 41.1 Å². The molecule has 0 aromatic heterocycles. The zero-order valence-electron chi connectivity index (χ0n) is 12.9. The zero-order valence-corrected chi connectivity index (χ0v) is 12.9. The third kappa shape index (κ3) is 5.52. The van der Waals surface area contributed by atoms with Crippen LogP contribution in [-0.4, -0.2) is 25.5 Å². The molecule has 112 valence electrons. The van der Waals surface area contributed by atoms with Gasteiger partial charge in [0.05, 0.1) is 5.41 Å². The predicted molar refractivity (Wildman–Crippen MR) is 81.2 cm³/mol. The summed E-state index contributed by atoms with van der Waals surface area (Å²) in [7, 11) is 0. The standard InChI is InChI=1S/C16H32N2O/c1-3-5-6-7-8-9-12-18-15(19)16(10-4-2)11-13-17-14-16/h17H,3-14H2,1-2H3,(H,18,19). The van der Waals surface area contributed by atoms with E-state index in [4.69, 9.17) is 0 Å². The molecule has 1 aliphatic rings. The van der Waals surface area contributed by atoms with Crippen molar-refractivity contribution in [1.29, 1.82) is 0 Å². The van der Waals surface area contributed by atoms with Gasteiger partial charge in [-0.25, -0.2) is 0 Å². The van der Waals surface area contributed by atoms with Gasteiger partial charge in [-0.1, -0.05) is 52.4 Å². The smallest absolute Gasteiger partial charge is 0.227 e. The van der Waals surface area contributed by atoms with Crippen LogP contribution in [0.1, 0.15) is 71.6 Å². The number of unbranched alkanes of at least 4 members (excludes halogenated alkanes) is 5. The van der Waals surface area contributed by atoms with Gasteiger partial charge in [0.15, 0.2) is 0 Å².